The van der Waals surface area contributed by atoms with Crippen LogP contribution in [0.4, 0.5) is 0 Å². The van der Waals surface area contributed by atoms with E-state index in [2.05, 4.69) is 55.7 Å². The van der Waals surface area contributed by atoms with Crippen molar-refractivity contribution in [2.24, 2.45) is 40.6 Å². The van der Waals surface area contributed by atoms with Gasteiger partial charge in [0.2, 0.25) is 11.8 Å². The molecule has 2 amide bonds. The van der Waals surface area contributed by atoms with Crippen LogP contribution in [0.15, 0.2) is 48.5 Å². The Bertz CT molecular complexity index is 1800. The predicted octanol–water partition coefficient (Wildman–Crippen LogP) is 6.00. The van der Waals surface area contributed by atoms with Crippen molar-refractivity contribution in [3.05, 3.63) is 59.7 Å². The number of benzene rings is 2. The van der Waals surface area contributed by atoms with Crippen LogP contribution in [0.2, 0.25) is 5.82 Å². The zero-order valence-corrected chi connectivity index (χ0v) is 37.3. The van der Waals surface area contributed by atoms with Crippen molar-refractivity contribution in [1.29, 1.82) is 0 Å². The fourth-order valence-electron chi connectivity index (χ4n) is 9.54. The van der Waals surface area contributed by atoms with E-state index in [1.54, 1.807) is 19.1 Å². The van der Waals surface area contributed by atoms with Crippen molar-refractivity contribution < 1.29 is 38.4 Å². The van der Waals surface area contributed by atoms with Gasteiger partial charge in [-0.15, -0.1) is 0 Å². The average molecular weight is 843 g/mol. The molecule has 0 spiro atoms. The van der Waals surface area contributed by atoms with Crippen LogP contribution >= 0.6 is 0 Å². The highest BCUT2D eigenvalue weighted by molar-refractivity contribution is 6.47. The van der Waals surface area contributed by atoms with Gasteiger partial charge in [-0.3, -0.25) is 24.0 Å². The lowest BCUT2D eigenvalue weighted by Crippen LogP contribution is -2.59. The van der Waals surface area contributed by atoms with Crippen molar-refractivity contribution in [2.75, 3.05) is 13.1 Å². The van der Waals surface area contributed by atoms with Gasteiger partial charge in [0.15, 0.2) is 17.3 Å². The number of nitrogens with one attached hydrogen (secondary N) is 2. The van der Waals surface area contributed by atoms with E-state index in [4.69, 9.17) is 20.8 Å². The van der Waals surface area contributed by atoms with E-state index in [0.29, 0.717) is 43.2 Å². The summed E-state index contributed by atoms with van der Waals surface area (Å²) < 4.78 is 12.7. The number of aliphatic hydroxyl groups is 1. The SMILES string of the molecule is CCCCc1ccc(-c2ccc(C(=O)C[C@@H](CCCCN)C(=O)N[C@H](C(=O)C[C@@H](C)C(=O)N[C@@H](CCN)C(=O)C[C@@H](C)B3OC4C[C@@H]5C[C@H](C4O3)C5(C)C)[C@@H](C)O)cc2)cc1. The first-order valence-electron chi connectivity index (χ1n) is 22.9. The standard InChI is InChI=1S/C48H71BN4O8/c1-7-8-11-32-13-15-33(16-14-32)34-17-19-35(20-18-34)40(55)26-36(12-9-10-22-50)47(59)53-44(31(4)54)42(57)24-29(2)46(58)52-39(21-23-51)41(56)25-30(3)49-60-43-28-37-27-38(45(43)61-49)48(37,5)6/h13-20,29-31,36-39,43-45,54H,7-12,21-28,50-51H2,1-6H3,(H,52,58)(H,53,59)/t29-,30-,31-,36-,37+,38-,39+,43?,44+,45?/m1/s1. The summed E-state index contributed by atoms with van der Waals surface area (Å²) in [7, 11) is -0.499. The van der Waals surface area contributed by atoms with Gasteiger partial charge in [-0.25, -0.2) is 0 Å². The number of carbonyl (C=O) groups excluding carboxylic acids is 5. The lowest BCUT2D eigenvalue weighted by Gasteiger charge is -2.60. The van der Waals surface area contributed by atoms with E-state index in [1.807, 2.05) is 19.1 Å². The van der Waals surface area contributed by atoms with Crippen LogP contribution in [0.1, 0.15) is 128 Å². The zero-order chi connectivity index (χ0) is 44.4. The van der Waals surface area contributed by atoms with Gasteiger partial charge in [0.25, 0.3) is 0 Å². The molecule has 4 fully saturated rings. The van der Waals surface area contributed by atoms with E-state index in [9.17, 15) is 29.1 Å². The number of carbonyl (C=O) groups is 5. The van der Waals surface area contributed by atoms with Crippen LogP contribution in [-0.2, 0) is 34.9 Å². The number of hydrogen-bond donors (Lipinski definition) is 5. The highest BCUT2D eigenvalue weighted by Gasteiger charge is 2.62. The molecule has 334 valence electrons. The van der Waals surface area contributed by atoms with E-state index in [0.717, 1.165) is 43.2 Å². The summed E-state index contributed by atoms with van der Waals surface area (Å²) >= 11 is 0. The summed E-state index contributed by atoms with van der Waals surface area (Å²) in [5.74, 6) is -2.78. The molecule has 2 bridgehead atoms. The quantitative estimate of drug-likeness (QED) is 0.0449. The Hall–Kier alpha value is -3.75. The Kier molecular flexibility index (Phi) is 17.5. The number of aryl methyl sites for hydroxylation is 1. The number of nitrogens with two attached hydrogens (primary N) is 2. The van der Waals surface area contributed by atoms with Gasteiger partial charge in [-0.1, -0.05) is 96.0 Å². The molecule has 7 N–H and O–H groups in total. The molecule has 2 unspecified atom stereocenters. The maximum atomic E-state index is 13.8. The molecular formula is C48H71BN4O8. The van der Waals surface area contributed by atoms with Gasteiger partial charge in [-0.05, 0) is 105 Å². The number of hydrogen-bond acceptors (Lipinski definition) is 10. The van der Waals surface area contributed by atoms with Crippen molar-refractivity contribution in [1.82, 2.24) is 10.6 Å². The smallest absolute Gasteiger partial charge is 0.405 e. The number of Topliss-reactive ketones (excluding diaryl/α,β-unsaturated/α-hetero) is 3. The Morgan fingerprint density at radius 2 is 1.48 bits per heavy atom. The van der Waals surface area contributed by atoms with Gasteiger partial charge in [0, 0.05) is 36.7 Å². The van der Waals surface area contributed by atoms with Gasteiger partial charge in [0.1, 0.15) is 6.04 Å². The largest absolute Gasteiger partial charge is 0.460 e. The van der Waals surface area contributed by atoms with E-state index >= 15 is 0 Å². The first-order valence-corrected chi connectivity index (χ1v) is 22.9. The van der Waals surface area contributed by atoms with Crippen LogP contribution < -0.4 is 22.1 Å². The summed E-state index contributed by atoms with van der Waals surface area (Å²) in [6.07, 6.45) is 5.84. The molecule has 10 atom stereocenters. The Morgan fingerprint density at radius 3 is 2.08 bits per heavy atom. The van der Waals surface area contributed by atoms with Crippen LogP contribution in [0.5, 0.6) is 0 Å². The summed E-state index contributed by atoms with van der Waals surface area (Å²) in [6, 6.07) is 13.6. The molecule has 1 saturated heterocycles. The minimum absolute atomic E-state index is 0.0350. The first-order chi connectivity index (χ1) is 29.1. The third-order valence-corrected chi connectivity index (χ3v) is 13.8. The van der Waals surface area contributed by atoms with Crippen LogP contribution in [0.25, 0.3) is 11.1 Å². The highest BCUT2D eigenvalue weighted by Crippen LogP contribution is 2.62. The molecule has 12 nitrogen and oxygen atoms in total. The van der Waals surface area contributed by atoms with Gasteiger partial charge < -0.3 is 36.5 Å². The second-order valence-corrected chi connectivity index (χ2v) is 18.8. The molecule has 6 rings (SSSR count). The number of aliphatic hydroxyl groups excluding tert-OH is 1. The Morgan fingerprint density at radius 1 is 0.803 bits per heavy atom. The van der Waals surface area contributed by atoms with E-state index in [-0.39, 0.29) is 67.2 Å². The molecule has 2 aromatic carbocycles. The molecule has 3 saturated carbocycles. The predicted molar refractivity (Wildman–Crippen MR) is 238 cm³/mol. The fraction of sp³-hybridized carbons (Fsp3) is 0.646. The molecule has 0 aromatic heterocycles. The van der Waals surface area contributed by atoms with Crippen LogP contribution in [-0.4, -0.2) is 84.9 Å². The maximum Gasteiger partial charge on any atom is 0.460 e. The van der Waals surface area contributed by atoms with Crippen molar-refractivity contribution in [2.45, 2.75) is 155 Å². The number of ketones is 3. The zero-order valence-electron chi connectivity index (χ0n) is 37.3. The summed E-state index contributed by atoms with van der Waals surface area (Å²) in [5, 5.41) is 16.2. The molecule has 61 heavy (non-hydrogen) atoms. The minimum atomic E-state index is -1.31. The third-order valence-electron chi connectivity index (χ3n) is 13.8. The second kappa shape index (κ2) is 22.1. The minimum Gasteiger partial charge on any atom is -0.405 e. The van der Waals surface area contributed by atoms with Crippen LogP contribution in [0.3, 0.4) is 0 Å². The Balaban J connectivity index is 1.14. The third kappa shape index (κ3) is 12.3. The first kappa shape index (κ1) is 48.3. The molecule has 2 aromatic rings. The molecule has 3 aliphatic carbocycles. The molecule has 0 radical (unpaired) electrons. The molecule has 1 heterocycles. The fourth-order valence-corrected chi connectivity index (χ4v) is 9.54. The van der Waals surface area contributed by atoms with Crippen molar-refractivity contribution in [3.63, 3.8) is 0 Å². The second-order valence-electron chi connectivity index (χ2n) is 18.8. The number of amides is 2. The van der Waals surface area contributed by atoms with Gasteiger partial charge >= 0.3 is 7.12 Å². The number of rotatable bonds is 25. The van der Waals surface area contributed by atoms with E-state index in [1.165, 1.54) is 12.5 Å². The lowest BCUT2D eigenvalue weighted by atomic mass is 9.47. The Labute approximate surface area is 363 Å². The highest BCUT2D eigenvalue weighted by atomic mass is 16.7. The lowest BCUT2D eigenvalue weighted by molar-refractivity contribution is -0.150. The maximum absolute atomic E-state index is 13.8. The summed E-state index contributed by atoms with van der Waals surface area (Å²) in [4.78, 5) is 68.0. The molecule has 13 heteroatoms. The average Bonchev–Trinajstić information content (AvgIpc) is 3.69. The van der Waals surface area contributed by atoms with E-state index < -0.39 is 54.7 Å². The molecule has 1 aliphatic heterocycles. The number of unbranched alkanes of at least 4 members (excludes halogenated alkanes) is 2. The molecular weight excluding hydrogens is 771 g/mol. The summed E-state index contributed by atoms with van der Waals surface area (Å²) in [6.45, 7) is 12.3. The monoisotopic (exact) mass is 843 g/mol. The topological polar surface area (TPSA) is 200 Å². The van der Waals surface area contributed by atoms with Crippen molar-refractivity contribution in [3.8, 4) is 11.1 Å². The van der Waals surface area contributed by atoms with Gasteiger partial charge in [0.05, 0.1) is 24.4 Å². The van der Waals surface area contributed by atoms with Gasteiger partial charge in [-0.2, -0.15) is 0 Å². The molecule has 4 aliphatic rings. The summed E-state index contributed by atoms with van der Waals surface area (Å²) in [5.41, 5.74) is 15.6. The van der Waals surface area contributed by atoms with Crippen molar-refractivity contribution >= 4 is 36.3 Å². The normalized spacial score (nSPS) is 23.1. The van der Waals surface area contributed by atoms with Crippen LogP contribution in [0, 0.1) is 29.1 Å².